The molecule has 1 aromatic heterocycles. The van der Waals surface area contributed by atoms with Crippen molar-refractivity contribution in [1.29, 1.82) is 0 Å². The Bertz CT molecular complexity index is 311. The van der Waals surface area contributed by atoms with Crippen molar-refractivity contribution >= 4 is 0 Å². The molecule has 74 valence electrons. The number of aromatic nitrogens is 2. The van der Waals surface area contributed by atoms with Crippen LogP contribution in [0.4, 0.5) is 0 Å². The average Bonchev–Trinajstić information content (AvgIpc) is 2.35. The molecule has 0 spiro atoms. The molecule has 4 heteroatoms. The quantitative estimate of drug-likeness (QED) is 0.724. The van der Waals surface area contributed by atoms with Gasteiger partial charge in [0.15, 0.2) is 0 Å². The van der Waals surface area contributed by atoms with Gasteiger partial charge in [0.25, 0.3) is 0 Å². The van der Waals surface area contributed by atoms with Gasteiger partial charge in [0, 0.05) is 12.4 Å². The molecule has 1 aromatic rings. The molecule has 1 unspecified atom stereocenters. The Labute approximate surface area is 77.2 Å². The molecule has 0 fully saturated rings. The van der Waals surface area contributed by atoms with Crippen LogP contribution in [0.1, 0.15) is 26.7 Å². The van der Waals surface area contributed by atoms with Crippen molar-refractivity contribution in [2.24, 2.45) is 0 Å². The van der Waals surface area contributed by atoms with Gasteiger partial charge in [-0.3, -0.25) is 4.57 Å². The Hall–Kier alpha value is -1.03. The predicted molar refractivity (Wildman–Crippen MR) is 50.6 cm³/mol. The summed E-state index contributed by atoms with van der Waals surface area (Å²) in [7, 11) is 0. The fraction of sp³-hybridized carbons (Fsp3) is 0.667. The molecule has 13 heavy (non-hydrogen) atoms. The zero-order valence-corrected chi connectivity index (χ0v) is 8.08. The number of hydrogen-bond donors (Lipinski definition) is 2. The minimum absolute atomic E-state index is 0.170. The first-order chi connectivity index (χ1) is 6.05. The van der Waals surface area contributed by atoms with Crippen LogP contribution in [-0.4, -0.2) is 20.3 Å². The highest BCUT2D eigenvalue weighted by Gasteiger charge is 2.20. The fourth-order valence-corrected chi connectivity index (χ4v) is 1.46. The lowest BCUT2D eigenvalue weighted by atomic mass is 10.0. The first-order valence-electron chi connectivity index (χ1n) is 4.51. The van der Waals surface area contributed by atoms with E-state index in [2.05, 4.69) is 4.98 Å². The third kappa shape index (κ3) is 2.73. The van der Waals surface area contributed by atoms with Gasteiger partial charge in [-0.15, -0.1) is 0 Å². The number of H-pyrrole nitrogens is 1. The SMILES string of the molecule is CCCC(C)(O)Cn1cc[nH]c1=O. The van der Waals surface area contributed by atoms with Crippen molar-refractivity contribution in [3.63, 3.8) is 0 Å². The molecule has 4 nitrogen and oxygen atoms in total. The molecule has 0 saturated heterocycles. The predicted octanol–water partition coefficient (Wildman–Crippen LogP) is 0.727. The van der Waals surface area contributed by atoms with E-state index in [0.29, 0.717) is 13.0 Å². The second kappa shape index (κ2) is 3.79. The van der Waals surface area contributed by atoms with E-state index in [4.69, 9.17) is 0 Å². The summed E-state index contributed by atoms with van der Waals surface area (Å²) in [6.07, 6.45) is 4.83. The summed E-state index contributed by atoms with van der Waals surface area (Å²) in [6.45, 7) is 4.10. The molecular formula is C9H16N2O2. The Morgan fingerprint density at radius 3 is 2.85 bits per heavy atom. The van der Waals surface area contributed by atoms with Crippen molar-refractivity contribution in [3.8, 4) is 0 Å². The minimum Gasteiger partial charge on any atom is -0.388 e. The summed E-state index contributed by atoms with van der Waals surface area (Å²) in [5, 5.41) is 9.84. The Kier molecular flexibility index (Phi) is 2.93. The summed E-state index contributed by atoms with van der Waals surface area (Å²) in [5.74, 6) is 0. The van der Waals surface area contributed by atoms with Gasteiger partial charge in [0.2, 0.25) is 0 Å². The molecular weight excluding hydrogens is 168 g/mol. The Morgan fingerprint density at radius 2 is 2.38 bits per heavy atom. The topological polar surface area (TPSA) is 58.0 Å². The highest BCUT2D eigenvalue weighted by atomic mass is 16.3. The van der Waals surface area contributed by atoms with Crippen molar-refractivity contribution in [2.75, 3.05) is 0 Å². The van der Waals surface area contributed by atoms with Crippen LogP contribution < -0.4 is 5.69 Å². The highest BCUT2D eigenvalue weighted by Crippen LogP contribution is 2.13. The maximum atomic E-state index is 11.1. The van der Waals surface area contributed by atoms with Gasteiger partial charge in [-0.05, 0) is 13.3 Å². The van der Waals surface area contributed by atoms with E-state index in [1.54, 1.807) is 19.3 Å². The highest BCUT2D eigenvalue weighted by molar-refractivity contribution is 4.81. The maximum Gasteiger partial charge on any atom is 0.325 e. The van der Waals surface area contributed by atoms with Crippen molar-refractivity contribution in [2.45, 2.75) is 38.8 Å². The van der Waals surface area contributed by atoms with E-state index in [1.165, 1.54) is 4.57 Å². The summed E-state index contributed by atoms with van der Waals surface area (Å²) in [5.41, 5.74) is -0.961. The number of hydrogen-bond acceptors (Lipinski definition) is 2. The normalized spacial score (nSPS) is 15.6. The molecule has 0 bridgehead atoms. The summed E-state index contributed by atoms with van der Waals surface area (Å²) >= 11 is 0. The summed E-state index contributed by atoms with van der Waals surface area (Å²) < 4.78 is 1.48. The molecule has 0 radical (unpaired) electrons. The summed E-state index contributed by atoms with van der Waals surface area (Å²) in [6, 6.07) is 0. The van der Waals surface area contributed by atoms with Crippen LogP contribution in [0.25, 0.3) is 0 Å². The number of rotatable bonds is 4. The van der Waals surface area contributed by atoms with Crippen molar-refractivity contribution in [1.82, 2.24) is 9.55 Å². The molecule has 0 aliphatic rings. The Balaban J connectivity index is 2.68. The maximum absolute atomic E-state index is 11.1. The van der Waals surface area contributed by atoms with Crippen LogP contribution in [-0.2, 0) is 6.54 Å². The number of nitrogens with zero attached hydrogens (tertiary/aromatic N) is 1. The third-order valence-corrected chi connectivity index (χ3v) is 2.02. The van der Waals surface area contributed by atoms with Crippen LogP contribution in [0.3, 0.4) is 0 Å². The van der Waals surface area contributed by atoms with E-state index in [0.717, 1.165) is 6.42 Å². The van der Waals surface area contributed by atoms with Gasteiger partial charge >= 0.3 is 5.69 Å². The number of aromatic amines is 1. The monoisotopic (exact) mass is 184 g/mol. The smallest absolute Gasteiger partial charge is 0.325 e. The first-order valence-corrected chi connectivity index (χ1v) is 4.51. The van der Waals surface area contributed by atoms with E-state index in [-0.39, 0.29) is 5.69 Å². The molecule has 2 N–H and O–H groups in total. The van der Waals surface area contributed by atoms with Crippen LogP contribution >= 0.6 is 0 Å². The van der Waals surface area contributed by atoms with Crippen LogP contribution in [0.5, 0.6) is 0 Å². The molecule has 1 atom stereocenters. The average molecular weight is 184 g/mol. The minimum atomic E-state index is -0.791. The second-order valence-corrected chi connectivity index (χ2v) is 3.64. The van der Waals surface area contributed by atoms with Crippen molar-refractivity contribution in [3.05, 3.63) is 22.9 Å². The van der Waals surface area contributed by atoms with E-state index < -0.39 is 5.60 Å². The molecule has 0 aliphatic heterocycles. The zero-order chi connectivity index (χ0) is 9.90. The lowest BCUT2D eigenvalue weighted by molar-refractivity contribution is 0.0315. The standard InChI is InChI=1S/C9H16N2O2/c1-3-4-9(2,13)7-11-6-5-10-8(11)12/h5-6,13H,3-4,7H2,1-2H3,(H,10,12). The van der Waals surface area contributed by atoms with Gasteiger partial charge in [-0.2, -0.15) is 0 Å². The molecule has 1 rings (SSSR count). The third-order valence-electron chi connectivity index (χ3n) is 2.02. The number of aliphatic hydroxyl groups is 1. The largest absolute Gasteiger partial charge is 0.388 e. The number of imidazole rings is 1. The Morgan fingerprint density at radius 1 is 1.69 bits per heavy atom. The summed E-state index contributed by atoms with van der Waals surface area (Å²) in [4.78, 5) is 13.6. The molecule has 0 aromatic carbocycles. The zero-order valence-electron chi connectivity index (χ0n) is 8.08. The van der Waals surface area contributed by atoms with E-state index in [1.807, 2.05) is 6.92 Å². The van der Waals surface area contributed by atoms with Crippen LogP contribution in [0.2, 0.25) is 0 Å². The van der Waals surface area contributed by atoms with Gasteiger partial charge in [0.1, 0.15) is 0 Å². The van der Waals surface area contributed by atoms with E-state index >= 15 is 0 Å². The molecule has 0 saturated carbocycles. The second-order valence-electron chi connectivity index (χ2n) is 3.64. The molecule has 0 aliphatic carbocycles. The van der Waals surface area contributed by atoms with Gasteiger partial charge < -0.3 is 10.1 Å². The van der Waals surface area contributed by atoms with E-state index in [9.17, 15) is 9.90 Å². The van der Waals surface area contributed by atoms with Crippen LogP contribution in [0, 0.1) is 0 Å². The van der Waals surface area contributed by atoms with Gasteiger partial charge in [-0.25, -0.2) is 4.79 Å². The number of nitrogens with one attached hydrogen (secondary N) is 1. The molecule has 1 heterocycles. The van der Waals surface area contributed by atoms with Crippen LogP contribution in [0.15, 0.2) is 17.2 Å². The first kappa shape index (κ1) is 10.1. The molecule has 0 amide bonds. The fourth-order valence-electron chi connectivity index (χ4n) is 1.46. The lowest BCUT2D eigenvalue weighted by Gasteiger charge is -2.22. The van der Waals surface area contributed by atoms with Crippen molar-refractivity contribution < 1.29 is 5.11 Å². The lowest BCUT2D eigenvalue weighted by Crippen LogP contribution is -2.34. The van der Waals surface area contributed by atoms with Gasteiger partial charge in [0.05, 0.1) is 12.1 Å². The van der Waals surface area contributed by atoms with Gasteiger partial charge in [-0.1, -0.05) is 13.3 Å².